The predicted octanol–water partition coefficient (Wildman–Crippen LogP) is 6.15. The fourth-order valence-electron chi connectivity index (χ4n) is 3.92. The summed E-state index contributed by atoms with van der Waals surface area (Å²) in [6.45, 7) is 3.38. The van der Waals surface area contributed by atoms with Crippen LogP contribution < -0.4 is 10.9 Å². The number of rotatable bonds is 6. The lowest BCUT2D eigenvalue weighted by Crippen LogP contribution is -2.25. The molecule has 5 rings (SSSR count). The first-order valence-electron chi connectivity index (χ1n) is 11.3. The number of carbonyl (C=O) groups excluding carboxylic acids is 2. The van der Waals surface area contributed by atoms with Gasteiger partial charge in [-0.15, -0.1) is 11.3 Å². The SMILES string of the molecule is CCOC(=O)c1nn(-c2cccc(Cl)c2)c(=O)c2c(NC(=O)c3c(-c4ccccc4Cl)noc3C)scc12. The minimum absolute atomic E-state index is 0.0731. The Morgan fingerprint density at radius 3 is 2.68 bits per heavy atom. The van der Waals surface area contributed by atoms with E-state index in [9.17, 15) is 14.4 Å². The summed E-state index contributed by atoms with van der Waals surface area (Å²) in [4.78, 5) is 39.9. The van der Waals surface area contributed by atoms with Crippen LogP contribution in [0.15, 0.2) is 63.2 Å². The van der Waals surface area contributed by atoms with E-state index in [0.717, 1.165) is 16.0 Å². The van der Waals surface area contributed by atoms with Gasteiger partial charge in [-0.05, 0) is 38.1 Å². The second-order valence-corrected chi connectivity index (χ2v) is 9.74. The van der Waals surface area contributed by atoms with Crippen molar-refractivity contribution in [1.29, 1.82) is 0 Å². The molecule has 3 aromatic heterocycles. The number of halogens is 2. The third-order valence-corrected chi connectivity index (χ3v) is 7.08. The van der Waals surface area contributed by atoms with Crippen molar-refractivity contribution < 1.29 is 18.8 Å². The number of hydrogen-bond acceptors (Lipinski definition) is 8. The lowest BCUT2D eigenvalue weighted by Gasteiger charge is -2.10. The summed E-state index contributed by atoms with van der Waals surface area (Å²) in [5.74, 6) is -1.01. The van der Waals surface area contributed by atoms with Gasteiger partial charge in [0.25, 0.3) is 11.5 Å². The zero-order valence-electron chi connectivity index (χ0n) is 20.0. The number of hydrogen-bond donors (Lipinski definition) is 1. The van der Waals surface area contributed by atoms with Crippen molar-refractivity contribution in [2.24, 2.45) is 0 Å². The van der Waals surface area contributed by atoms with Crippen molar-refractivity contribution >= 4 is 62.2 Å². The van der Waals surface area contributed by atoms with Crippen molar-refractivity contribution in [3.63, 3.8) is 0 Å². The van der Waals surface area contributed by atoms with Crippen molar-refractivity contribution in [2.75, 3.05) is 11.9 Å². The minimum atomic E-state index is -0.708. The van der Waals surface area contributed by atoms with E-state index < -0.39 is 17.4 Å². The second kappa shape index (κ2) is 10.4. The quantitative estimate of drug-likeness (QED) is 0.244. The van der Waals surface area contributed by atoms with Gasteiger partial charge in [-0.2, -0.15) is 9.78 Å². The van der Waals surface area contributed by atoms with Crippen LogP contribution in [-0.4, -0.2) is 33.4 Å². The van der Waals surface area contributed by atoms with E-state index in [2.05, 4.69) is 15.6 Å². The maximum Gasteiger partial charge on any atom is 0.359 e. The van der Waals surface area contributed by atoms with Gasteiger partial charge in [-0.25, -0.2) is 4.79 Å². The lowest BCUT2D eigenvalue weighted by molar-refractivity contribution is 0.0520. The van der Waals surface area contributed by atoms with E-state index >= 15 is 0 Å². The molecule has 0 aliphatic carbocycles. The molecular weight excluding hydrogens is 551 g/mol. The largest absolute Gasteiger partial charge is 0.461 e. The Hall–Kier alpha value is -3.99. The molecule has 0 radical (unpaired) electrons. The molecule has 0 spiro atoms. The first-order valence-corrected chi connectivity index (χ1v) is 12.9. The molecule has 0 fully saturated rings. The van der Waals surface area contributed by atoms with Crippen molar-refractivity contribution in [2.45, 2.75) is 13.8 Å². The zero-order chi connectivity index (χ0) is 27.0. The molecule has 0 atom stereocenters. The van der Waals surface area contributed by atoms with Gasteiger partial charge in [-0.3, -0.25) is 9.59 Å². The molecule has 192 valence electrons. The van der Waals surface area contributed by atoms with E-state index in [-0.39, 0.29) is 45.1 Å². The highest BCUT2D eigenvalue weighted by molar-refractivity contribution is 7.16. The van der Waals surface area contributed by atoms with Gasteiger partial charge in [0.15, 0.2) is 5.69 Å². The summed E-state index contributed by atoms with van der Waals surface area (Å²) in [5.41, 5.74) is 0.654. The van der Waals surface area contributed by atoms with Gasteiger partial charge < -0.3 is 14.6 Å². The normalized spacial score (nSPS) is 11.1. The lowest BCUT2D eigenvalue weighted by atomic mass is 10.1. The third-order valence-electron chi connectivity index (χ3n) is 5.62. The van der Waals surface area contributed by atoms with Crippen molar-refractivity contribution in [3.05, 3.63) is 91.3 Å². The van der Waals surface area contributed by atoms with Crippen LogP contribution in [0.5, 0.6) is 0 Å². The molecule has 5 aromatic rings. The topological polar surface area (TPSA) is 116 Å². The highest BCUT2D eigenvalue weighted by Crippen LogP contribution is 2.34. The van der Waals surface area contributed by atoms with Crippen LogP contribution in [0.2, 0.25) is 10.0 Å². The van der Waals surface area contributed by atoms with E-state index in [0.29, 0.717) is 21.3 Å². The van der Waals surface area contributed by atoms with Crippen molar-refractivity contribution in [3.8, 4) is 16.9 Å². The van der Waals surface area contributed by atoms with Crippen LogP contribution in [0.1, 0.15) is 33.5 Å². The summed E-state index contributed by atoms with van der Waals surface area (Å²) in [5, 5.41) is 14.0. The number of nitrogens with zero attached hydrogens (tertiary/aromatic N) is 3. The van der Waals surface area contributed by atoms with Gasteiger partial charge in [0, 0.05) is 21.4 Å². The summed E-state index contributed by atoms with van der Waals surface area (Å²) >= 11 is 13.5. The number of thiophene rings is 1. The number of esters is 1. The molecule has 0 saturated carbocycles. The van der Waals surface area contributed by atoms with E-state index in [1.807, 2.05) is 0 Å². The van der Waals surface area contributed by atoms with E-state index in [1.165, 1.54) is 6.07 Å². The van der Waals surface area contributed by atoms with Crippen molar-refractivity contribution in [1.82, 2.24) is 14.9 Å². The van der Waals surface area contributed by atoms with Gasteiger partial charge in [0.1, 0.15) is 22.0 Å². The maximum absolute atomic E-state index is 13.6. The van der Waals surface area contributed by atoms with E-state index in [1.54, 1.807) is 61.7 Å². The molecule has 1 N–H and O–H groups in total. The van der Waals surface area contributed by atoms with Crippen LogP contribution in [0.4, 0.5) is 5.00 Å². The van der Waals surface area contributed by atoms with Gasteiger partial charge >= 0.3 is 5.97 Å². The Balaban J connectivity index is 1.65. The smallest absolute Gasteiger partial charge is 0.359 e. The number of aromatic nitrogens is 3. The summed E-state index contributed by atoms with van der Waals surface area (Å²) in [7, 11) is 0. The second-order valence-electron chi connectivity index (χ2n) is 8.02. The molecule has 1 amide bonds. The molecule has 12 heteroatoms. The van der Waals surface area contributed by atoms with Gasteiger partial charge in [0.2, 0.25) is 0 Å². The molecule has 0 unspecified atom stereocenters. The molecule has 38 heavy (non-hydrogen) atoms. The third kappa shape index (κ3) is 4.58. The molecular formula is C26H18Cl2N4O5S. The zero-order valence-corrected chi connectivity index (χ0v) is 22.3. The highest BCUT2D eigenvalue weighted by Gasteiger charge is 2.27. The molecule has 3 heterocycles. The monoisotopic (exact) mass is 568 g/mol. The van der Waals surface area contributed by atoms with Gasteiger partial charge in [0.05, 0.1) is 22.7 Å². The fraction of sp³-hybridized carbons (Fsp3) is 0.115. The standard InChI is InChI=1S/C26H18Cl2N4O5S/c1-3-36-26(35)22-17-12-38-24(20(17)25(34)32(30-22)15-8-6-7-14(27)11-15)29-23(33)19-13(2)37-31-21(19)16-9-4-5-10-18(16)28/h4-12H,3H2,1-2H3,(H,29,33). The Kier molecular flexibility index (Phi) is 7.02. The van der Waals surface area contributed by atoms with Crippen LogP contribution in [0, 0.1) is 6.92 Å². The Bertz CT molecular complexity index is 1780. The Labute approximate surface area is 229 Å². The average Bonchev–Trinajstić information content (AvgIpc) is 3.48. The molecule has 2 aromatic carbocycles. The van der Waals surface area contributed by atoms with Crippen LogP contribution in [0.3, 0.4) is 0 Å². The summed E-state index contributed by atoms with van der Waals surface area (Å²) < 4.78 is 11.5. The van der Waals surface area contributed by atoms with Crippen LogP contribution in [-0.2, 0) is 4.74 Å². The van der Waals surface area contributed by atoms with Crippen LogP contribution in [0.25, 0.3) is 27.7 Å². The first kappa shape index (κ1) is 25.7. The number of anilines is 1. The number of aryl methyl sites for hydroxylation is 1. The maximum atomic E-state index is 13.6. The predicted molar refractivity (Wildman–Crippen MR) is 146 cm³/mol. The van der Waals surface area contributed by atoms with Crippen LogP contribution >= 0.6 is 34.5 Å². The Morgan fingerprint density at radius 2 is 1.95 bits per heavy atom. The Morgan fingerprint density at radius 1 is 1.16 bits per heavy atom. The number of fused-ring (bicyclic) bond motifs is 1. The summed E-state index contributed by atoms with van der Waals surface area (Å²) in [6, 6.07) is 13.4. The molecule has 0 saturated heterocycles. The van der Waals surface area contributed by atoms with Gasteiger partial charge in [-0.1, -0.05) is 52.6 Å². The van der Waals surface area contributed by atoms with E-state index in [4.69, 9.17) is 32.5 Å². The number of carbonyl (C=O) groups is 2. The molecule has 9 nitrogen and oxygen atoms in total. The number of amides is 1. The molecule has 0 aliphatic rings. The first-order chi connectivity index (χ1) is 18.3. The number of nitrogens with one attached hydrogen (secondary N) is 1. The number of benzene rings is 2. The molecule has 0 bridgehead atoms. The fourth-order valence-corrected chi connectivity index (χ4v) is 5.26. The summed E-state index contributed by atoms with van der Waals surface area (Å²) in [6.07, 6.45) is 0. The molecule has 0 aliphatic heterocycles. The average molecular weight is 569 g/mol. The number of ether oxygens (including phenoxy) is 1. The minimum Gasteiger partial charge on any atom is -0.461 e. The highest BCUT2D eigenvalue weighted by atomic mass is 35.5.